The number of benzene rings is 1. The molecule has 4 rings (SSSR count). The molecule has 31 heavy (non-hydrogen) atoms. The third-order valence-electron chi connectivity index (χ3n) is 7.34. The molecule has 3 N–H and O–H groups in total. The number of para-hydroxylation sites is 1. The number of aliphatic hydroxyl groups is 1. The molecule has 2 unspecified atom stereocenters. The number of anilines is 1. The van der Waals surface area contributed by atoms with Crippen molar-refractivity contribution in [2.24, 2.45) is 11.8 Å². The smallest absolute Gasteiger partial charge is 0.248 e. The van der Waals surface area contributed by atoms with Gasteiger partial charge in [-0.05, 0) is 44.2 Å². The first kappa shape index (κ1) is 22.1. The third-order valence-corrected chi connectivity index (χ3v) is 9.29. The molecular formula is C23H31N3O4S. The van der Waals surface area contributed by atoms with Gasteiger partial charge in [-0.15, -0.1) is 11.8 Å². The molecule has 1 aromatic carbocycles. The average Bonchev–Trinajstić information content (AvgIpc) is 3.39. The summed E-state index contributed by atoms with van der Waals surface area (Å²) in [6.07, 6.45) is 2.07. The number of rotatable bonds is 6. The highest BCUT2D eigenvalue weighted by Gasteiger charge is 2.74. The van der Waals surface area contributed by atoms with Crippen LogP contribution in [0.25, 0.3) is 0 Å². The molecule has 3 aliphatic heterocycles. The summed E-state index contributed by atoms with van der Waals surface area (Å²) in [6.45, 7) is 5.58. The summed E-state index contributed by atoms with van der Waals surface area (Å²) in [5, 5.41) is 15.9. The minimum Gasteiger partial charge on any atom is -0.394 e. The molecule has 8 heteroatoms. The molecule has 3 saturated heterocycles. The second-order valence-electron chi connectivity index (χ2n) is 8.92. The minimum absolute atomic E-state index is 0.0424. The van der Waals surface area contributed by atoms with Gasteiger partial charge in [0.2, 0.25) is 17.7 Å². The minimum atomic E-state index is -0.717. The molecule has 6 atom stereocenters. The van der Waals surface area contributed by atoms with Gasteiger partial charge >= 0.3 is 0 Å². The fraction of sp³-hybridized carbons (Fsp3) is 0.609. The van der Waals surface area contributed by atoms with E-state index in [0.29, 0.717) is 6.42 Å². The first-order chi connectivity index (χ1) is 14.8. The highest BCUT2D eigenvalue weighted by atomic mass is 32.2. The topological polar surface area (TPSA) is 98.7 Å². The predicted octanol–water partition coefficient (Wildman–Crippen LogP) is 1.85. The Morgan fingerprint density at radius 3 is 2.55 bits per heavy atom. The maximum absolute atomic E-state index is 13.8. The van der Waals surface area contributed by atoms with Crippen LogP contribution < -0.4 is 10.6 Å². The van der Waals surface area contributed by atoms with Crippen LogP contribution in [-0.4, -0.2) is 63.5 Å². The van der Waals surface area contributed by atoms with Crippen molar-refractivity contribution in [3.8, 4) is 0 Å². The summed E-state index contributed by atoms with van der Waals surface area (Å²) in [5.74, 6) is -1.51. The van der Waals surface area contributed by atoms with Crippen LogP contribution in [0, 0.1) is 25.7 Å². The second-order valence-corrected chi connectivity index (χ2v) is 10.5. The molecule has 7 nitrogen and oxygen atoms in total. The molecule has 1 spiro atoms. The van der Waals surface area contributed by atoms with Gasteiger partial charge in [-0.25, -0.2) is 0 Å². The Balaban J connectivity index is 1.77. The quantitative estimate of drug-likeness (QED) is 0.621. The molecule has 0 aromatic heterocycles. The number of likely N-dealkylation sites (tertiary alicyclic amines) is 1. The van der Waals surface area contributed by atoms with E-state index in [1.165, 1.54) is 0 Å². The van der Waals surface area contributed by atoms with Gasteiger partial charge in [0.05, 0.1) is 29.2 Å². The van der Waals surface area contributed by atoms with Crippen molar-refractivity contribution >= 4 is 35.2 Å². The number of amides is 3. The number of nitrogens with zero attached hydrogens (tertiary/aromatic N) is 1. The lowest BCUT2D eigenvalue weighted by molar-refractivity contribution is -0.142. The van der Waals surface area contributed by atoms with Crippen LogP contribution in [0.5, 0.6) is 0 Å². The van der Waals surface area contributed by atoms with E-state index >= 15 is 0 Å². The number of hydrogen-bond acceptors (Lipinski definition) is 5. The predicted molar refractivity (Wildman–Crippen MR) is 121 cm³/mol. The van der Waals surface area contributed by atoms with Crippen LogP contribution in [0.4, 0.5) is 5.69 Å². The van der Waals surface area contributed by atoms with Gasteiger partial charge in [-0.2, -0.15) is 0 Å². The zero-order chi connectivity index (χ0) is 22.5. The molecule has 0 saturated carbocycles. The lowest BCUT2D eigenvalue weighted by atomic mass is 9.70. The summed E-state index contributed by atoms with van der Waals surface area (Å²) in [4.78, 5) is 41.8. The molecule has 0 radical (unpaired) electrons. The van der Waals surface area contributed by atoms with Gasteiger partial charge in [0.15, 0.2) is 0 Å². The molecule has 3 fully saturated rings. The van der Waals surface area contributed by atoms with Crippen LogP contribution in [0.2, 0.25) is 0 Å². The van der Waals surface area contributed by atoms with Crippen LogP contribution in [0.3, 0.4) is 0 Å². The van der Waals surface area contributed by atoms with Gasteiger partial charge in [-0.1, -0.05) is 25.1 Å². The molecular weight excluding hydrogens is 414 g/mol. The SMILES string of the molecule is CC[C@@H](CO)N1C(=O)[C@@H]2[C@@H](C(=O)NC)[C@H]3CCC2(S3)C1C(=O)Nc1c(C)cccc1C. The number of fused-ring (bicyclic) bond motifs is 1. The molecule has 168 valence electrons. The van der Waals surface area contributed by atoms with Crippen LogP contribution in [0.15, 0.2) is 18.2 Å². The number of aryl methyl sites for hydroxylation is 2. The van der Waals surface area contributed by atoms with Gasteiger partial charge in [-0.3, -0.25) is 14.4 Å². The van der Waals surface area contributed by atoms with Crippen molar-refractivity contribution in [1.82, 2.24) is 10.2 Å². The Kier molecular flexibility index (Phi) is 5.81. The maximum atomic E-state index is 13.8. The van der Waals surface area contributed by atoms with Crippen molar-refractivity contribution in [2.45, 2.75) is 62.1 Å². The van der Waals surface area contributed by atoms with Crippen molar-refractivity contribution in [2.75, 3.05) is 19.0 Å². The van der Waals surface area contributed by atoms with Gasteiger partial charge in [0, 0.05) is 18.0 Å². The normalized spacial score (nSPS) is 32.2. The standard InChI is InChI=1S/C23H31N3O4S/c1-5-14(11-27)26-19(21(29)25-18-12(2)7-6-8-13(18)3)23-10-9-15(31-23)16(20(28)24-4)17(23)22(26)30/h6-8,14-17,19,27H,5,9-11H2,1-4H3,(H,24,28)(H,25,29)/t14-,15+,16-,17-,19?,23?/m0/s1. The average molecular weight is 446 g/mol. The molecule has 3 heterocycles. The summed E-state index contributed by atoms with van der Waals surface area (Å²) in [7, 11) is 1.59. The highest BCUT2D eigenvalue weighted by molar-refractivity contribution is 8.02. The number of carbonyl (C=O) groups is 3. The number of aliphatic hydroxyl groups excluding tert-OH is 1. The Morgan fingerprint density at radius 2 is 1.97 bits per heavy atom. The fourth-order valence-electron chi connectivity index (χ4n) is 5.87. The highest BCUT2D eigenvalue weighted by Crippen LogP contribution is 2.66. The zero-order valence-corrected chi connectivity index (χ0v) is 19.3. The molecule has 1 aromatic rings. The molecule has 3 amide bonds. The van der Waals surface area contributed by atoms with Gasteiger partial charge < -0.3 is 20.6 Å². The zero-order valence-electron chi connectivity index (χ0n) is 18.5. The van der Waals surface area contributed by atoms with Crippen LogP contribution in [-0.2, 0) is 14.4 Å². The largest absolute Gasteiger partial charge is 0.394 e. The Labute approximate surface area is 187 Å². The first-order valence-electron chi connectivity index (χ1n) is 11.0. The molecule has 0 aliphatic carbocycles. The monoisotopic (exact) mass is 445 g/mol. The summed E-state index contributed by atoms with van der Waals surface area (Å²) < 4.78 is -0.637. The number of thioether (sulfide) groups is 1. The number of carbonyl (C=O) groups excluding carboxylic acids is 3. The summed E-state index contributed by atoms with van der Waals surface area (Å²) in [6, 6.07) is 4.67. The van der Waals surface area contributed by atoms with E-state index in [4.69, 9.17) is 0 Å². The van der Waals surface area contributed by atoms with Gasteiger partial charge in [0.1, 0.15) is 6.04 Å². The Bertz CT molecular complexity index is 898. The van der Waals surface area contributed by atoms with E-state index in [1.54, 1.807) is 23.7 Å². The first-order valence-corrected chi connectivity index (χ1v) is 11.9. The third kappa shape index (κ3) is 3.18. The number of hydrogen-bond donors (Lipinski definition) is 3. The maximum Gasteiger partial charge on any atom is 0.248 e. The summed E-state index contributed by atoms with van der Waals surface area (Å²) in [5.41, 5.74) is 2.68. The molecule has 2 bridgehead atoms. The van der Waals surface area contributed by atoms with Crippen molar-refractivity contribution in [3.05, 3.63) is 29.3 Å². The summed E-state index contributed by atoms with van der Waals surface area (Å²) >= 11 is 1.64. The van der Waals surface area contributed by atoms with E-state index in [-0.39, 0.29) is 29.6 Å². The number of nitrogens with one attached hydrogen (secondary N) is 2. The van der Waals surface area contributed by atoms with Crippen molar-refractivity contribution in [3.63, 3.8) is 0 Å². The van der Waals surface area contributed by atoms with Gasteiger partial charge in [0.25, 0.3) is 0 Å². The lowest BCUT2D eigenvalue weighted by Crippen LogP contribution is -2.54. The fourth-order valence-corrected chi connectivity index (χ4v) is 8.07. The van der Waals surface area contributed by atoms with Crippen molar-refractivity contribution < 1.29 is 19.5 Å². The van der Waals surface area contributed by atoms with E-state index in [2.05, 4.69) is 10.6 Å². The van der Waals surface area contributed by atoms with Crippen LogP contribution >= 0.6 is 11.8 Å². The van der Waals surface area contributed by atoms with E-state index in [1.807, 2.05) is 39.0 Å². The van der Waals surface area contributed by atoms with E-state index in [9.17, 15) is 19.5 Å². The Morgan fingerprint density at radius 1 is 1.29 bits per heavy atom. The van der Waals surface area contributed by atoms with Crippen molar-refractivity contribution in [1.29, 1.82) is 0 Å². The lowest BCUT2D eigenvalue weighted by Gasteiger charge is -2.37. The Hall–Kier alpha value is -2.06. The van der Waals surface area contributed by atoms with E-state index in [0.717, 1.165) is 29.7 Å². The van der Waals surface area contributed by atoms with E-state index < -0.39 is 28.7 Å². The molecule has 3 aliphatic rings. The second kappa shape index (κ2) is 8.13. The van der Waals surface area contributed by atoms with Crippen LogP contribution in [0.1, 0.15) is 37.3 Å².